The van der Waals surface area contributed by atoms with Crippen LogP contribution in [0.25, 0.3) is 0 Å². The highest BCUT2D eigenvalue weighted by Gasteiger charge is 2.10. The minimum atomic E-state index is -0.0647. The van der Waals surface area contributed by atoms with Gasteiger partial charge in [0, 0.05) is 24.9 Å². The van der Waals surface area contributed by atoms with Crippen LogP contribution < -0.4 is 5.32 Å². The molecule has 1 heterocycles. The molecular weight excluding hydrogens is 326 g/mol. The normalized spacial score (nSPS) is 10.9. The summed E-state index contributed by atoms with van der Waals surface area (Å²) in [6.07, 6.45) is 1.36. The van der Waals surface area contributed by atoms with Crippen molar-refractivity contribution in [2.24, 2.45) is 0 Å². The zero-order valence-corrected chi connectivity index (χ0v) is 15.1. The van der Waals surface area contributed by atoms with Gasteiger partial charge in [-0.2, -0.15) is 4.98 Å². The van der Waals surface area contributed by atoms with Gasteiger partial charge in [-0.25, -0.2) is 0 Å². The lowest BCUT2D eigenvalue weighted by molar-refractivity contribution is -0.116. The predicted octanol–water partition coefficient (Wildman–Crippen LogP) is 4.36. The van der Waals surface area contributed by atoms with E-state index in [2.05, 4.69) is 29.3 Å². The van der Waals surface area contributed by atoms with Crippen molar-refractivity contribution in [3.8, 4) is 0 Å². The number of carbonyl (C=O) groups is 1. The van der Waals surface area contributed by atoms with E-state index >= 15 is 0 Å². The summed E-state index contributed by atoms with van der Waals surface area (Å²) in [5.41, 5.74) is 3.18. The molecule has 0 aliphatic carbocycles. The molecule has 0 bridgehead atoms. The zero-order valence-electron chi connectivity index (χ0n) is 15.1. The van der Waals surface area contributed by atoms with Gasteiger partial charge >= 0.3 is 0 Å². The fourth-order valence-corrected chi connectivity index (χ4v) is 2.64. The fraction of sp³-hybridized carbons (Fsp3) is 0.286. The Bertz CT molecular complexity index is 839. The van der Waals surface area contributed by atoms with Crippen LogP contribution in [0.15, 0.2) is 59.1 Å². The number of benzene rings is 2. The number of aryl methyl sites for hydroxylation is 1. The molecule has 26 heavy (non-hydrogen) atoms. The lowest BCUT2D eigenvalue weighted by Gasteiger charge is -2.08. The first-order valence-corrected chi connectivity index (χ1v) is 8.85. The minimum absolute atomic E-state index is 0.0647. The maximum atomic E-state index is 12.1. The van der Waals surface area contributed by atoms with Gasteiger partial charge in [0.15, 0.2) is 5.82 Å². The predicted molar refractivity (Wildman–Crippen MR) is 101 cm³/mol. The van der Waals surface area contributed by atoms with Gasteiger partial charge in [-0.1, -0.05) is 61.5 Å². The molecule has 3 aromatic rings. The molecule has 0 saturated carbocycles. The largest absolute Gasteiger partial charge is 0.339 e. The fourth-order valence-electron chi connectivity index (χ4n) is 2.64. The molecule has 1 amide bonds. The maximum absolute atomic E-state index is 12.1. The van der Waals surface area contributed by atoms with Crippen LogP contribution >= 0.6 is 0 Å². The summed E-state index contributed by atoms with van der Waals surface area (Å²) in [5.74, 6) is 1.53. The first kappa shape index (κ1) is 17.9. The van der Waals surface area contributed by atoms with E-state index in [1.165, 1.54) is 5.56 Å². The number of nitrogens with one attached hydrogen (secondary N) is 1. The lowest BCUT2D eigenvalue weighted by Crippen LogP contribution is -2.12. The quantitative estimate of drug-likeness (QED) is 0.688. The Morgan fingerprint density at radius 2 is 1.81 bits per heavy atom. The van der Waals surface area contributed by atoms with E-state index in [4.69, 9.17) is 4.52 Å². The number of nitrogens with zero attached hydrogens (tertiary/aromatic N) is 2. The van der Waals surface area contributed by atoms with Gasteiger partial charge in [-0.15, -0.1) is 0 Å². The van der Waals surface area contributed by atoms with Crippen molar-refractivity contribution in [3.63, 3.8) is 0 Å². The molecule has 5 heteroatoms. The number of anilines is 1. The van der Waals surface area contributed by atoms with Gasteiger partial charge in [-0.3, -0.25) is 4.79 Å². The van der Waals surface area contributed by atoms with Crippen LogP contribution in [0.2, 0.25) is 0 Å². The average Bonchev–Trinajstić information content (AvgIpc) is 3.09. The molecule has 0 fully saturated rings. The molecule has 0 saturated heterocycles. The van der Waals surface area contributed by atoms with E-state index in [0.29, 0.717) is 36.9 Å². The van der Waals surface area contributed by atoms with Gasteiger partial charge in [-0.05, 0) is 29.2 Å². The van der Waals surface area contributed by atoms with Crippen molar-refractivity contribution < 1.29 is 9.32 Å². The molecule has 1 N–H and O–H groups in total. The highest BCUT2D eigenvalue weighted by atomic mass is 16.5. The Labute approximate surface area is 153 Å². The van der Waals surface area contributed by atoms with Crippen LogP contribution in [0, 0.1) is 0 Å². The topological polar surface area (TPSA) is 68.0 Å². The Kier molecular flexibility index (Phi) is 5.79. The van der Waals surface area contributed by atoms with Crippen LogP contribution in [0.3, 0.4) is 0 Å². The summed E-state index contributed by atoms with van der Waals surface area (Å²) in [7, 11) is 0. The molecule has 5 nitrogen and oxygen atoms in total. The van der Waals surface area contributed by atoms with Crippen molar-refractivity contribution >= 4 is 11.6 Å². The van der Waals surface area contributed by atoms with Crippen LogP contribution in [-0.4, -0.2) is 16.0 Å². The Morgan fingerprint density at radius 3 is 2.50 bits per heavy atom. The number of hydrogen-bond acceptors (Lipinski definition) is 4. The molecule has 2 aromatic carbocycles. The first-order chi connectivity index (χ1) is 12.6. The summed E-state index contributed by atoms with van der Waals surface area (Å²) < 4.78 is 5.24. The standard InChI is InChI=1S/C21H23N3O2/c1-15(2)17-8-10-18(11-9-17)22-20(25)12-13-21-23-19(24-26-21)14-16-6-4-3-5-7-16/h3-11,15H,12-14H2,1-2H3,(H,22,25). The number of hydrogen-bond donors (Lipinski definition) is 1. The Morgan fingerprint density at radius 1 is 1.08 bits per heavy atom. The van der Waals surface area contributed by atoms with Crippen molar-refractivity contribution in [3.05, 3.63) is 77.4 Å². The maximum Gasteiger partial charge on any atom is 0.227 e. The SMILES string of the molecule is CC(C)c1ccc(NC(=O)CCc2nc(Cc3ccccc3)no2)cc1. The van der Waals surface area contributed by atoms with Gasteiger partial charge in [0.2, 0.25) is 11.8 Å². The number of aromatic nitrogens is 2. The first-order valence-electron chi connectivity index (χ1n) is 8.85. The molecule has 0 spiro atoms. The van der Waals surface area contributed by atoms with Gasteiger partial charge < -0.3 is 9.84 Å². The molecule has 0 unspecified atom stereocenters. The van der Waals surface area contributed by atoms with E-state index in [1.807, 2.05) is 54.6 Å². The van der Waals surface area contributed by atoms with Crippen molar-refractivity contribution in [2.75, 3.05) is 5.32 Å². The highest BCUT2D eigenvalue weighted by molar-refractivity contribution is 5.90. The minimum Gasteiger partial charge on any atom is -0.339 e. The molecule has 0 atom stereocenters. The number of rotatable bonds is 7. The van der Waals surface area contributed by atoms with Gasteiger partial charge in [0.25, 0.3) is 0 Å². The molecule has 0 radical (unpaired) electrons. The third-order valence-corrected chi connectivity index (χ3v) is 4.14. The third kappa shape index (κ3) is 5.02. The molecule has 1 aromatic heterocycles. The smallest absolute Gasteiger partial charge is 0.227 e. The van der Waals surface area contributed by atoms with Gasteiger partial charge in [0.1, 0.15) is 0 Å². The number of carbonyl (C=O) groups excluding carboxylic acids is 1. The Balaban J connectivity index is 1.48. The van der Waals surface area contributed by atoms with Gasteiger partial charge in [0.05, 0.1) is 0 Å². The van der Waals surface area contributed by atoms with Crippen molar-refractivity contribution in [2.45, 2.75) is 39.0 Å². The molecule has 0 aliphatic heterocycles. The Hall–Kier alpha value is -2.95. The van der Waals surface area contributed by atoms with E-state index in [-0.39, 0.29) is 5.91 Å². The van der Waals surface area contributed by atoms with Crippen LogP contribution in [0.4, 0.5) is 5.69 Å². The van der Waals surface area contributed by atoms with E-state index in [0.717, 1.165) is 11.3 Å². The second kappa shape index (κ2) is 8.43. The monoisotopic (exact) mass is 349 g/mol. The second-order valence-corrected chi connectivity index (χ2v) is 6.59. The lowest BCUT2D eigenvalue weighted by atomic mass is 10.0. The highest BCUT2D eigenvalue weighted by Crippen LogP contribution is 2.17. The summed E-state index contributed by atoms with van der Waals surface area (Å²) in [4.78, 5) is 16.5. The van der Waals surface area contributed by atoms with Crippen molar-refractivity contribution in [1.29, 1.82) is 0 Å². The molecule has 0 aliphatic rings. The van der Waals surface area contributed by atoms with E-state index in [9.17, 15) is 4.79 Å². The third-order valence-electron chi connectivity index (χ3n) is 4.14. The summed E-state index contributed by atoms with van der Waals surface area (Å²) >= 11 is 0. The second-order valence-electron chi connectivity index (χ2n) is 6.59. The molecule has 3 rings (SSSR count). The summed E-state index contributed by atoms with van der Waals surface area (Å²) in [6.45, 7) is 4.29. The summed E-state index contributed by atoms with van der Waals surface area (Å²) in [5, 5.41) is 6.88. The van der Waals surface area contributed by atoms with E-state index in [1.54, 1.807) is 0 Å². The average molecular weight is 349 g/mol. The van der Waals surface area contributed by atoms with E-state index < -0.39 is 0 Å². The van der Waals surface area contributed by atoms with Crippen LogP contribution in [-0.2, 0) is 17.6 Å². The van der Waals surface area contributed by atoms with Crippen LogP contribution in [0.1, 0.15) is 49.0 Å². The molecular formula is C21H23N3O2. The van der Waals surface area contributed by atoms with Crippen LogP contribution in [0.5, 0.6) is 0 Å². The molecule has 134 valence electrons. The summed E-state index contributed by atoms with van der Waals surface area (Å²) in [6, 6.07) is 17.9. The number of amides is 1. The zero-order chi connectivity index (χ0) is 18.4. The van der Waals surface area contributed by atoms with Crippen molar-refractivity contribution in [1.82, 2.24) is 10.1 Å².